The summed E-state index contributed by atoms with van der Waals surface area (Å²) >= 11 is 0. The zero-order valence-electron chi connectivity index (χ0n) is 14.8. The van der Waals surface area contributed by atoms with Crippen LogP contribution in [0.2, 0.25) is 0 Å². The lowest BCUT2D eigenvalue weighted by molar-refractivity contribution is 0.0963. The van der Waals surface area contributed by atoms with Gasteiger partial charge in [0.05, 0.1) is 12.7 Å². The molecule has 1 atom stereocenters. The highest BCUT2D eigenvalue weighted by atomic mass is 16.5. The lowest BCUT2D eigenvalue weighted by Gasteiger charge is -2.28. The number of aromatic hydroxyl groups is 1. The average molecular weight is 358 g/mol. The summed E-state index contributed by atoms with van der Waals surface area (Å²) in [5.41, 5.74) is 2.75. The van der Waals surface area contributed by atoms with Crippen LogP contribution < -0.4 is 9.47 Å². The largest absolute Gasteiger partial charge is 0.508 e. The maximum atomic E-state index is 13.2. The molecular weight excluding hydrogens is 340 g/mol. The third-order valence-electron chi connectivity index (χ3n) is 4.54. The topological polar surface area (TPSA) is 55.8 Å². The predicted octanol–water partition coefficient (Wildman–Crippen LogP) is 4.80. The number of rotatable bonds is 3. The summed E-state index contributed by atoms with van der Waals surface area (Å²) in [5, 5.41) is 9.76. The normalized spacial score (nSPS) is 17.3. The number of Topliss-reactive ketones (excluding diaryl/α,β-unsaturated/α-hetero) is 1. The maximum absolute atomic E-state index is 13.2. The van der Waals surface area contributed by atoms with Crippen LogP contribution in [-0.2, 0) is 0 Å². The van der Waals surface area contributed by atoms with Gasteiger partial charge >= 0.3 is 0 Å². The van der Waals surface area contributed by atoms with Crippen molar-refractivity contribution in [2.75, 3.05) is 7.11 Å². The Morgan fingerprint density at radius 3 is 2.44 bits per heavy atom. The van der Waals surface area contributed by atoms with Crippen LogP contribution >= 0.6 is 0 Å². The molecule has 4 rings (SSSR count). The molecule has 0 amide bonds. The molecule has 3 aromatic rings. The van der Waals surface area contributed by atoms with Crippen LogP contribution in [0.4, 0.5) is 0 Å². The number of hydrogen-bond donors (Lipinski definition) is 1. The molecule has 1 aliphatic heterocycles. The summed E-state index contributed by atoms with van der Waals surface area (Å²) < 4.78 is 11.3. The molecule has 0 aliphatic carbocycles. The lowest BCUT2D eigenvalue weighted by Crippen LogP contribution is -2.23. The molecule has 134 valence electrons. The van der Waals surface area contributed by atoms with Gasteiger partial charge < -0.3 is 14.6 Å². The molecular formula is C23H18O4. The van der Waals surface area contributed by atoms with E-state index >= 15 is 0 Å². The number of ketones is 1. The zero-order valence-corrected chi connectivity index (χ0v) is 14.8. The standard InChI is InChI=1S/C23H18O4/c1-26-18-10-7-15(8-11-18)13-20-22(25)19-12-9-17(24)14-21(19)27-23(20)16-5-3-2-4-6-16/h2-14,23-24H,1H3. The third-order valence-corrected chi connectivity index (χ3v) is 4.54. The number of fused-ring (bicyclic) bond motifs is 1. The first-order valence-corrected chi connectivity index (χ1v) is 8.60. The van der Waals surface area contributed by atoms with Crippen LogP contribution in [0, 0.1) is 0 Å². The van der Waals surface area contributed by atoms with Gasteiger partial charge in [0.25, 0.3) is 0 Å². The van der Waals surface area contributed by atoms with Crippen molar-refractivity contribution >= 4 is 11.9 Å². The molecule has 4 heteroatoms. The Morgan fingerprint density at radius 2 is 1.74 bits per heavy atom. The van der Waals surface area contributed by atoms with Crippen molar-refractivity contribution in [2.45, 2.75) is 6.10 Å². The van der Waals surface area contributed by atoms with E-state index in [1.807, 2.05) is 60.7 Å². The fourth-order valence-electron chi connectivity index (χ4n) is 3.16. The van der Waals surface area contributed by atoms with E-state index in [2.05, 4.69) is 0 Å². The fourth-order valence-corrected chi connectivity index (χ4v) is 3.16. The number of phenolic OH excluding ortho intramolecular Hbond substituents is 1. The van der Waals surface area contributed by atoms with Crippen molar-refractivity contribution in [1.82, 2.24) is 0 Å². The van der Waals surface area contributed by atoms with E-state index in [0.29, 0.717) is 16.9 Å². The van der Waals surface area contributed by atoms with Crippen LogP contribution in [0.3, 0.4) is 0 Å². The van der Waals surface area contributed by atoms with Gasteiger partial charge in [-0.05, 0) is 41.5 Å². The van der Waals surface area contributed by atoms with Crippen molar-refractivity contribution in [3.05, 3.63) is 95.1 Å². The summed E-state index contributed by atoms with van der Waals surface area (Å²) in [7, 11) is 1.61. The van der Waals surface area contributed by atoms with Crippen molar-refractivity contribution in [3.63, 3.8) is 0 Å². The monoisotopic (exact) mass is 358 g/mol. The number of methoxy groups -OCH3 is 1. The van der Waals surface area contributed by atoms with Crippen LogP contribution in [0.25, 0.3) is 6.08 Å². The Kier molecular flexibility index (Phi) is 4.38. The van der Waals surface area contributed by atoms with Gasteiger partial charge in [-0.2, -0.15) is 0 Å². The second kappa shape index (κ2) is 7.00. The minimum Gasteiger partial charge on any atom is -0.508 e. The number of benzene rings is 3. The van der Waals surface area contributed by atoms with Crippen molar-refractivity contribution in [3.8, 4) is 17.2 Å². The van der Waals surface area contributed by atoms with Crippen LogP contribution in [-0.4, -0.2) is 18.0 Å². The van der Waals surface area contributed by atoms with E-state index in [4.69, 9.17) is 9.47 Å². The molecule has 1 unspecified atom stereocenters. The molecule has 3 aromatic carbocycles. The van der Waals surface area contributed by atoms with Gasteiger partial charge in [0.1, 0.15) is 17.2 Å². The predicted molar refractivity (Wildman–Crippen MR) is 103 cm³/mol. The Bertz CT molecular complexity index is 1000. The van der Waals surface area contributed by atoms with Crippen molar-refractivity contribution in [2.24, 2.45) is 0 Å². The van der Waals surface area contributed by atoms with Gasteiger partial charge in [-0.1, -0.05) is 42.5 Å². The second-order valence-corrected chi connectivity index (χ2v) is 6.29. The molecule has 0 fully saturated rings. The highest BCUT2D eigenvalue weighted by molar-refractivity contribution is 6.14. The Labute approximate surface area is 157 Å². The van der Waals surface area contributed by atoms with Crippen molar-refractivity contribution in [1.29, 1.82) is 0 Å². The van der Waals surface area contributed by atoms with Gasteiger partial charge in [-0.15, -0.1) is 0 Å². The number of carbonyl (C=O) groups excluding carboxylic acids is 1. The molecule has 27 heavy (non-hydrogen) atoms. The molecule has 1 N–H and O–H groups in total. The second-order valence-electron chi connectivity index (χ2n) is 6.29. The van der Waals surface area contributed by atoms with Gasteiger partial charge in [0.15, 0.2) is 11.9 Å². The summed E-state index contributed by atoms with van der Waals surface area (Å²) in [6.07, 6.45) is 1.30. The summed E-state index contributed by atoms with van der Waals surface area (Å²) in [5.74, 6) is 1.10. The molecule has 0 spiro atoms. The van der Waals surface area contributed by atoms with Crippen molar-refractivity contribution < 1.29 is 19.4 Å². The van der Waals surface area contributed by atoms with E-state index in [9.17, 15) is 9.90 Å². The van der Waals surface area contributed by atoms with Crippen LogP contribution in [0.1, 0.15) is 27.6 Å². The Balaban J connectivity index is 1.83. The van der Waals surface area contributed by atoms with Crippen LogP contribution in [0.5, 0.6) is 17.2 Å². The van der Waals surface area contributed by atoms with Gasteiger partial charge in [0, 0.05) is 11.6 Å². The van der Waals surface area contributed by atoms with Gasteiger partial charge in [-0.3, -0.25) is 4.79 Å². The van der Waals surface area contributed by atoms with E-state index in [-0.39, 0.29) is 11.5 Å². The van der Waals surface area contributed by atoms with Gasteiger partial charge in [0.2, 0.25) is 0 Å². The first kappa shape index (κ1) is 16.9. The average Bonchev–Trinajstić information content (AvgIpc) is 2.71. The minimum atomic E-state index is -0.546. The lowest BCUT2D eigenvalue weighted by atomic mass is 9.89. The van der Waals surface area contributed by atoms with E-state index in [0.717, 1.165) is 16.9 Å². The molecule has 0 aromatic heterocycles. The minimum absolute atomic E-state index is 0.0657. The van der Waals surface area contributed by atoms with E-state index in [1.54, 1.807) is 13.2 Å². The Morgan fingerprint density at radius 1 is 1.00 bits per heavy atom. The first-order chi connectivity index (χ1) is 13.2. The molecule has 0 saturated carbocycles. The molecule has 0 bridgehead atoms. The number of hydrogen-bond acceptors (Lipinski definition) is 4. The maximum Gasteiger partial charge on any atom is 0.196 e. The van der Waals surface area contributed by atoms with E-state index < -0.39 is 6.10 Å². The summed E-state index contributed by atoms with van der Waals surface area (Å²) in [6.45, 7) is 0. The molecule has 1 heterocycles. The van der Waals surface area contributed by atoms with Crippen LogP contribution in [0.15, 0.2) is 78.4 Å². The van der Waals surface area contributed by atoms with E-state index in [1.165, 1.54) is 12.1 Å². The summed E-state index contributed by atoms with van der Waals surface area (Å²) in [4.78, 5) is 13.2. The number of phenols is 1. The number of carbonyl (C=O) groups is 1. The smallest absolute Gasteiger partial charge is 0.196 e. The first-order valence-electron chi connectivity index (χ1n) is 8.60. The molecule has 4 nitrogen and oxygen atoms in total. The third kappa shape index (κ3) is 3.29. The number of ether oxygens (including phenoxy) is 2. The highest BCUT2D eigenvalue weighted by Crippen LogP contribution is 2.40. The fraction of sp³-hybridized carbons (Fsp3) is 0.0870. The summed E-state index contributed by atoms with van der Waals surface area (Å²) in [6, 6.07) is 21.6. The Hall–Kier alpha value is -3.53. The quantitative estimate of drug-likeness (QED) is 0.683. The molecule has 0 radical (unpaired) electrons. The molecule has 1 aliphatic rings. The molecule has 0 saturated heterocycles. The SMILES string of the molecule is COc1ccc(C=C2C(=O)c3ccc(O)cc3OC2c2ccccc2)cc1. The van der Waals surface area contributed by atoms with Gasteiger partial charge in [-0.25, -0.2) is 0 Å². The highest BCUT2D eigenvalue weighted by Gasteiger charge is 2.33. The zero-order chi connectivity index (χ0) is 18.8.